The van der Waals surface area contributed by atoms with Crippen molar-refractivity contribution in [2.75, 3.05) is 39.4 Å². The van der Waals surface area contributed by atoms with Crippen molar-refractivity contribution in [3.8, 4) is 0 Å². The van der Waals surface area contributed by atoms with Gasteiger partial charge in [-0.3, -0.25) is 14.5 Å². The number of ether oxygens (including phenoxy) is 1. The van der Waals surface area contributed by atoms with E-state index in [1.54, 1.807) is 11.0 Å². The quantitative estimate of drug-likeness (QED) is 0.861. The number of carbonyl (C=O) groups excluding carboxylic acids is 2. The molecule has 0 unspecified atom stereocenters. The Morgan fingerprint density at radius 2 is 2.08 bits per heavy atom. The summed E-state index contributed by atoms with van der Waals surface area (Å²) in [6, 6.07) is 3.67. The summed E-state index contributed by atoms with van der Waals surface area (Å²) in [6.45, 7) is 3.68. The second-order valence-electron chi connectivity index (χ2n) is 6.21. The zero-order valence-corrected chi connectivity index (χ0v) is 14.6. The third kappa shape index (κ3) is 4.48. The number of nitrogens with zero attached hydrogens (tertiary/aromatic N) is 2. The second kappa shape index (κ2) is 8.12. The van der Waals surface area contributed by atoms with E-state index in [0.29, 0.717) is 51.0 Å². The van der Waals surface area contributed by atoms with Gasteiger partial charge in [-0.2, -0.15) is 0 Å². The van der Waals surface area contributed by atoms with Gasteiger partial charge >= 0.3 is 0 Å². The van der Waals surface area contributed by atoms with Gasteiger partial charge < -0.3 is 15.0 Å². The summed E-state index contributed by atoms with van der Waals surface area (Å²) in [5, 5.41) is 3.13. The van der Waals surface area contributed by atoms with E-state index < -0.39 is 11.9 Å². The first-order valence-electron chi connectivity index (χ1n) is 8.36. The Balaban J connectivity index is 1.70. The molecular formula is C17H21ClFN3O3. The largest absolute Gasteiger partial charge is 0.378 e. The summed E-state index contributed by atoms with van der Waals surface area (Å²) in [5.74, 6) is -0.615. The van der Waals surface area contributed by atoms with E-state index >= 15 is 0 Å². The van der Waals surface area contributed by atoms with Crippen LogP contribution in [-0.2, 0) is 20.9 Å². The number of hydrogen-bond donors (Lipinski definition) is 1. The number of morpholine rings is 1. The SMILES string of the molecule is O=C1NCCN(Cc2ccc(F)cc2Cl)[C@@H]1CC(=O)N1CCOCC1. The van der Waals surface area contributed by atoms with Crippen molar-refractivity contribution < 1.29 is 18.7 Å². The van der Waals surface area contributed by atoms with Gasteiger partial charge in [0, 0.05) is 37.7 Å². The van der Waals surface area contributed by atoms with Gasteiger partial charge in [0.25, 0.3) is 0 Å². The van der Waals surface area contributed by atoms with Gasteiger partial charge in [0.1, 0.15) is 5.82 Å². The van der Waals surface area contributed by atoms with Crippen molar-refractivity contribution in [1.29, 1.82) is 0 Å². The average Bonchev–Trinajstić information content (AvgIpc) is 2.61. The van der Waals surface area contributed by atoms with Crippen molar-refractivity contribution in [2.24, 2.45) is 0 Å². The molecule has 2 aliphatic rings. The number of amides is 2. The highest BCUT2D eigenvalue weighted by Crippen LogP contribution is 2.22. The molecule has 0 aromatic heterocycles. The van der Waals surface area contributed by atoms with Gasteiger partial charge in [-0.25, -0.2) is 4.39 Å². The molecule has 0 bridgehead atoms. The normalized spacial score (nSPS) is 21.9. The molecule has 8 heteroatoms. The standard InChI is InChI=1S/C17H21ClFN3O3/c18-14-9-13(19)2-1-12(14)11-22-4-3-20-17(24)15(22)10-16(23)21-5-7-25-8-6-21/h1-2,9,15H,3-8,10-11H2,(H,20,24)/t15-/m1/s1. The number of rotatable bonds is 4. The molecule has 6 nitrogen and oxygen atoms in total. The van der Waals surface area contributed by atoms with Crippen LogP contribution in [0.4, 0.5) is 4.39 Å². The highest BCUT2D eigenvalue weighted by molar-refractivity contribution is 6.31. The van der Waals surface area contributed by atoms with Crippen LogP contribution < -0.4 is 5.32 Å². The van der Waals surface area contributed by atoms with E-state index in [0.717, 1.165) is 5.56 Å². The fourth-order valence-corrected chi connectivity index (χ4v) is 3.38. The summed E-state index contributed by atoms with van der Waals surface area (Å²) in [5.41, 5.74) is 0.738. The Labute approximate surface area is 150 Å². The van der Waals surface area contributed by atoms with E-state index in [4.69, 9.17) is 16.3 Å². The minimum atomic E-state index is -0.551. The van der Waals surface area contributed by atoms with Crippen molar-refractivity contribution >= 4 is 23.4 Å². The van der Waals surface area contributed by atoms with Crippen LogP contribution in [0.25, 0.3) is 0 Å². The lowest BCUT2D eigenvalue weighted by atomic mass is 10.1. The fourth-order valence-electron chi connectivity index (χ4n) is 3.15. The van der Waals surface area contributed by atoms with Crippen molar-refractivity contribution in [1.82, 2.24) is 15.1 Å². The Bertz CT molecular complexity index is 652. The molecule has 1 N–H and O–H groups in total. The number of carbonyl (C=O) groups is 2. The minimum Gasteiger partial charge on any atom is -0.378 e. The Hall–Kier alpha value is -1.70. The Kier molecular flexibility index (Phi) is 5.88. The van der Waals surface area contributed by atoms with Gasteiger partial charge in [-0.05, 0) is 17.7 Å². The molecule has 2 aliphatic heterocycles. The van der Waals surface area contributed by atoms with E-state index in [9.17, 15) is 14.0 Å². The third-order valence-electron chi connectivity index (χ3n) is 4.56. The molecule has 0 aliphatic carbocycles. The second-order valence-corrected chi connectivity index (χ2v) is 6.62. The molecule has 0 saturated carbocycles. The maximum atomic E-state index is 13.2. The molecule has 0 radical (unpaired) electrons. The topological polar surface area (TPSA) is 61.9 Å². The number of nitrogens with one attached hydrogen (secondary N) is 1. The van der Waals surface area contributed by atoms with E-state index in [1.165, 1.54) is 12.1 Å². The smallest absolute Gasteiger partial charge is 0.237 e. The van der Waals surface area contributed by atoms with Crippen LogP contribution in [0.15, 0.2) is 18.2 Å². The maximum absolute atomic E-state index is 13.2. The zero-order chi connectivity index (χ0) is 17.8. The van der Waals surface area contributed by atoms with Crippen LogP contribution in [0.5, 0.6) is 0 Å². The van der Waals surface area contributed by atoms with E-state index in [2.05, 4.69) is 5.32 Å². The van der Waals surface area contributed by atoms with Gasteiger partial charge in [0.05, 0.1) is 25.7 Å². The van der Waals surface area contributed by atoms with Crippen LogP contribution in [0, 0.1) is 5.82 Å². The van der Waals surface area contributed by atoms with Crippen molar-refractivity contribution in [2.45, 2.75) is 19.0 Å². The summed E-state index contributed by atoms with van der Waals surface area (Å²) in [4.78, 5) is 28.5. The number of hydrogen-bond acceptors (Lipinski definition) is 4. The molecule has 136 valence electrons. The predicted octanol–water partition coefficient (Wildman–Crippen LogP) is 1.03. The van der Waals surface area contributed by atoms with Crippen LogP contribution in [0.1, 0.15) is 12.0 Å². The number of halogens is 2. The third-order valence-corrected chi connectivity index (χ3v) is 4.91. The van der Waals surface area contributed by atoms with Crippen molar-refractivity contribution in [3.05, 3.63) is 34.6 Å². The molecule has 1 aromatic carbocycles. The first-order valence-corrected chi connectivity index (χ1v) is 8.73. The van der Waals surface area contributed by atoms with E-state index in [-0.39, 0.29) is 18.2 Å². The van der Waals surface area contributed by atoms with E-state index in [1.807, 2.05) is 4.90 Å². The summed E-state index contributed by atoms with van der Waals surface area (Å²) in [7, 11) is 0. The molecule has 3 rings (SSSR count). The molecule has 2 fully saturated rings. The number of benzene rings is 1. The molecule has 1 aromatic rings. The van der Waals surface area contributed by atoms with Crippen molar-refractivity contribution in [3.63, 3.8) is 0 Å². The van der Waals surface area contributed by atoms with Crippen LogP contribution >= 0.6 is 11.6 Å². The first kappa shape index (κ1) is 18.1. The summed E-state index contributed by atoms with van der Waals surface area (Å²) < 4.78 is 18.5. The monoisotopic (exact) mass is 369 g/mol. The first-order chi connectivity index (χ1) is 12.0. The minimum absolute atomic E-state index is 0.0550. The molecule has 2 amide bonds. The lowest BCUT2D eigenvalue weighted by Crippen LogP contribution is -2.56. The molecule has 25 heavy (non-hydrogen) atoms. The molecule has 0 spiro atoms. The predicted molar refractivity (Wildman–Crippen MR) is 90.6 cm³/mol. The Morgan fingerprint density at radius 3 is 2.80 bits per heavy atom. The summed E-state index contributed by atoms with van der Waals surface area (Å²) in [6.07, 6.45) is 0.116. The molecule has 1 atom stereocenters. The fraction of sp³-hybridized carbons (Fsp3) is 0.529. The number of piperazine rings is 1. The zero-order valence-electron chi connectivity index (χ0n) is 13.8. The van der Waals surface area contributed by atoms with Gasteiger partial charge in [0.2, 0.25) is 11.8 Å². The maximum Gasteiger partial charge on any atom is 0.237 e. The molecule has 2 heterocycles. The average molecular weight is 370 g/mol. The molecular weight excluding hydrogens is 349 g/mol. The van der Waals surface area contributed by atoms with Gasteiger partial charge in [0.15, 0.2) is 0 Å². The highest BCUT2D eigenvalue weighted by atomic mass is 35.5. The van der Waals surface area contributed by atoms with Crippen LogP contribution in [0.2, 0.25) is 5.02 Å². The van der Waals surface area contributed by atoms with Crippen LogP contribution in [0.3, 0.4) is 0 Å². The molecule has 2 saturated heterocycles. The lowest BCUT2D eigenvalue weighted by molar-refractivity contribution is -0.141. The van der Waals surface area contributed by atoms with Gasteiger partial charge in [-0.1, -0.05) is 17.7 Å². The lowest BCUT2D eigenvalue weighted by Gasteiger charge is -2.36. The van der Waals surface area contributed by atoms with Crippen LogP contribution in [-0.4, -0.2) is 67.0 Å². The van der Waals surface area contributed by atoms with Gasteiger partial charge in [-0.15, -0.1) is 0 Å². The summed E-state index contributed by atoms with van der Waals surface area (Å²) >= 11 is 6.10. The highest BCUT2D eigenvalue weighted by Gasteiger charge is 2.33. The Morgan fingerprint density at radius 1 is 1.32 bits per heavy atom.